The van der Waals surface area contributed by atoms with Gasteiger partial charge in [0.2, 0.25) is 0 Å². The average Bonchev–Trinajstić information content (AvgIpc) is 2.91. The average molecular weight is 546 g/mol. The molecule has 0 aliphatic rings. The van der Waals surface area contributed by atoms with Crippen LogP contribution in [0.25, 0.3) is 0 Å². The van der Waals surface area contributed by atoms with E-state index in [1.165, 1.54) is 77.0 Å². The number of unbranched alkanes of at least 4 members (excludes halogenated alkanes) is 10. The van der Waals surface area contributed by atoms with Crippen molar-refractivity contribution in [3.05, 3.63) is 36.5 Å². The number of hydrogen-bond acceptors (Lipinski definition) is 3. The van der Waals surface area contributed by atoms with E-state index in [-0.39, 0.29) is 12.1 Å². The van der Waals surface area contributed by atoms with E-state index >= 15 is 0 Å². The van der Waals surface area contributed by atoms with Gasteiger partial charge in [-0.25, -0.2) is 0 Å². The fourth-order valence-electron chi connectivity index (χ4n) is 4.98. The van der Waals surface area contributed by atoms with Gasteiger partial charge in [0.15, 0.2) is 0 Å². The zero-order valence-electron chi connectivity index (χ0n) is 26.9. The second-order valence-corrected chi connectivity index (χ2v) is 11.7. The third-order valence-electron chi connectivity index (χ3n) is 7.49. The van der Waals surface area contributed by atoms with Gasteiger partial charge in [0.1, 0.15) is 6.10 Å². The molecule has 0 heterocycles. The monoisotopic (exact) mass is 546 g/mol. The Morgan fingerprint density at radius 1 is 0.590 bits per heavy atom. The minimum atomic E-state index is -0.0136. The largest absolute Gasteiger partial charge is 0.462 e. The topological polar surface area (TPSA) is 29.5 Å². The number of esters is 1. The molecule has 39 heavy (non-hydrogen) atoms. The number of rotatable bonds is 28. The van der Waals surface area contributed by atoms with Gasteiger partial charge in [0, 0.05) is 6.42 Å². The number of ether oxygens (including phenoxy) is 1. The fraction of sp³-hybridized carbons (Fsp3) is 0.806. The lowest BCUT2D eigenvalue weighted by molar-refractivity contribution is -0.152. The van der Waals surface area contributed by atoms with Crippen molar-refractivity contribution in [3.8, 4) is 0 Å². The maximum absolute atomic E-state index is 12.8. The minimum absolute atomic E-state index is 0.0136. The molecule has 0 aliphatic heterocycles. The molecule has 0 fully saturated rings. The Morgan fingerprint density at radius 2 is 1.03 bits per heavy atom. The third-order valence-corrected chi connectivity index (χ3v) is 7.49. The van der Waals surface area contributed by atoms with Gasteiger partial charge in [-0.05, 0) is 110 Å². The van der Waals surface area contributed by atoms with Gasteiger partial charge in [0.05, 0.1) is 0 Å². The molecule has 0 amide bonds. The van der Waals surface area contributed by atoms with E-state index in [4.69, 9.17) is 4.74 Å². The van der Waals surface area contributed by atoms with Gasteiger partial charge in [-0.2, -0.15) is 0 Å². The summed E-state index contributed by atoms with van der Waals surface area (Å²) < 4.78 is 6.23. The molecule has 0 N–H and O–H groups in total. The number of hydrogen-bond donors (Lipinski definition) is 0. The van der Waals surface area contributed by atoms with Gasteiger partial charge >= 0.3 is 5.97 Å². The van der Waals surface area contributed by atoms with E-state index in [1.54, 1.807) is 0 Å². The van der Waals surface area contributed by atoms with Crippen LogP contribution in [0.2, 0.25) is 0 Å². The summed E-state index contributed by atoms with van der Waals surface area (Å²) in [6.45, 7) is 7.71. The van der Waals surface area contributed by atoms with Crippen LogP contribution in [0.3, 0.4) is 0 Å². The normalized spacial score (nSPS) is 13.8. The van der Waals surface area contributed by atoms with Crippen molar-refractivity contribution in [3.63, 3.8) is 0 Å². The zero-order chi connectivity index (χ0) is 28.8. The predicted octanol–water partition coefficient (Wildman–Crippen LogP) is 11.0. The first-order chi connectivity index (χ1) is 19.0. The summed E-state index contributed by atoms with van der Waals surface area (Å²) in [5.74, 6) is 0.404. The highest BCUT2D eigenvalue weighted by Gasteiger charge is 2.24. The fourth-order valence-corrected chi connectivity index (χ4v) is 4.98. The Hall–Kier alpha value is -1.35. The third kappa shape index (κ3) is 26.6. The highest BCUT2D eigenvalue weighted by atomic mass is 16.5. The Balaban J connectivity index is 5.15. The molecule has 0 aromatic heterocycles. The van der Waals surface area contributed by atoms with E-state index in [9.17, 15) is 4.79 Å². The van der Waals surface area contributed by atoms with Gasteiger partial charge < -0.3 is 9.64 Å². The Labute approximate surface area is 244 Å². The van der Waals surface area contributed by atoms with Crippen LogP contribution in [-0.2, 0) is 9.53 Å². The second kappa shape index (κ2) is 29.6. The summed E-state index contributed by atoms with van der Waals surface area (Å²) in [7, 11) is 4.12. The molecular formula is C36H67NO2. The lowest BCUT2D eigenvalue weighted by Crippen LogP contribution is -2.27. The summed E-state index contributed by atoms with van der Waals surface area (Å²) in [5, 5.41) is 0. The summed E-state index contributed by atoms with van der Waals surface area (Å²) in [5.41, 5.74) is 0. The molecule has 0 rings (SSSR count). The number of allylic oxidation sites excluding steroid dienone is 6. The van der Waals surface area contributed by atoms with Gasteiger partial charge in [-0.15, -0.1) is 0 Å². The van der Waals surface area contributed by atoms with Gasteiger partial charge in [-0.1, -0.05) is 102 Å². The van der Waals surface area contributed by atoms with E-state index in [0.717, 1.165) is 57.9 Å². The number of carbonyl (C=O) groups is 1. The van der Waals surface area contributed by atoms with Crippen molar-refractivity contribution in [2.45, 2.75) is 162 Å². The first-order valence-electron chi connectivity index (χ1n) is 16.8. The van der Waals surface area contributed by atoms with Crippen LogP contribution in [0.15, 0.2) is 36.5 Å². The van der Waals surface area contributed by atoms with E-state index in [1.807, 2.05) is 0 Å². The van der Waals surface area contributed by atoms with Crippen LogP contribution in [-0.4, -0.2) is 37.6 Å². The molecule has 3 heteroatoms. The second-order valence-electron chi connectivity index (χ2n) is 11.7. The molecular weight excluding hydrogens is 478 g/mol. The quantitative estimate of drug-likeness (QED) is 0.0556. The minimum Gasteiger partial charge on any atom is -0.462 e. The SMILES string of the molecule is CCCCC/C=C\CCC(CC/C=C\CCCCCC)C(CC/C=C\CCCCC)OC(=O)CCCN(C)C. The summed E-state index contributed by atoms with van der Waals surface area (Å²) >= 11 is 0. The summed E-state index contributed by atoms with van der Waals surface area (Å²) in [4.78, 5) is 15.0. The number of nitrogens with zero attached hydrogens (tertiary/aromatic N) is 1. The van der Waals surface area contributed by atoms with Crippen molar-refractivity contribution < 1.29 is 9.53 Å². The number of carbonyl (C=O) groups excluding carboxylic acids is 1. The highest BCUT2D eigenvalue weighted by molar-refractivity contribution is 5.69. The lowest BCUT2D eigenvalue weighted by atomic mass is 9.88. The maximum atomic E-state index is 12.8. The van der Waals surface area contributed by atoms with Crippen molar-refractivity contribution in [1.82, 2.24) is 4.90 Å². The molecule has 2 unspecified atom stereocenters. The molecule has 3 nitrogen and oxygen atoms in total. The predicted molar refractivity (Wildman–Crippen MR) is 173 cm³/mol. The summed E-state index contributed by atoms with van der Waals surface area (Å²) in [6, 6.07) is 0. The molecule has 0 spiro atoms. The zero-order valence-corrected chi connectivity index (χ0v) is 26.9. The highest BCUT2D eigenvalue weighted by Crippen LogP contribution is 2.26. The van der Waals surface area contributed by atoms with Crippen LogP contribution in [0.5, 0.6) is 0 Å². The first-order valence-corrected chi connectivity index (χ1v) is 16.8. The Bertz CT molecular complexity index is 607. The molecule has 0 aromatic carbocycles. The van der Waals surface area contributed by atoms with E-state index in [2.05, 4.69) is 76.2 Å². The smallest absolute Gasteiger partial charge is 0.306 e. The molecule has 0 aliphatic carbocycles. The standard InChI is InChI=1S/C36H67NO2/c1-6-9-12-15-18-21-23-26-30-34(29-25-22-19-16-13-10-7-2)35(31-27-24-20-17-14-11-8-3)39-36(38)32-28-33-37(4)5/h19-24,34-35H,6-18,25-33H2,1-5H3/b22-19-,23-21-,24-20-. The van der Waals surface area contributed by atoms with Crippen molar-refractivity contribution in [1.29, 1.82) is 0 Å². The first kappa shape index (κ1) is 37.6. The van der Waals surface area contributed by atoms with Crippen LogP contribution in [0.4, 0.5) is 0 Å². The Morgan fingerprint density at radius 3 is 1.51 bits per heavy atom. The van der Waals surface area contributed by atoms with Gasteiger partial charge in [0.25, 0.3) is 0 Å². The molecule has 0 radical (unpaired) electrons. The Kier molecular flexibility index (Phi) is 28.6. The van der Waals surface area contributed by atoms with Crippen LogP contribution < -0.4 is 0 Å². The van der Waals surface area contributed by atoms with Gasteiger partial charge in [-0.3, -0.25) is 4.79 Å². The van der Waals surface area contributed by atoms with Crippen LogP contribution in [0, 0.1) is 5.92 Å². The van der Waals surface area contributed by atoms with Crippen LogP contribution >= 0.6 is 0 Å². The molecule has 0 saturated carbocycles. The molecule has 0 saturated heterocycles. The molecule has 0 aromatic rings. The van der Waals surface area contributed by atoms with Crippen LogP contribution in [0.1, 0.15) is 156 Å². The summed E-state index contributed by atoms with van der Waals surface area (Å²) in [6.07, 6.45) is 38.4. The molecule has 2 atom stereocenters. The molecule has 228 valence electrons. The molecule has 0 bridgehead atoms. The van der Waals surface area contributed by atoms with E-state index in [0.29, 0.717) is 12.3 Å². The maximum Gasteiger partial charge on any atom is 0.306 e. The lowest BCUT2D eigenvalue weighted by Gasteiger charge is -2.27. The van der Waals surface area contributed by atoms with Crippen molar-refractivity contribution >= 4 is 5.97 Å². The van der Waals surface area contributed by atoms with E-state index < -0.39 is 0 Å². The van der Waals surface area contributed by atoms with Crippen molar-refractivity contribution in [2.75, 3.05) is 20.6 Å². The van der Waals surface area contributed by atoms with Crippen molar-refractivity contribution in [2.24, 2.45) is 5.92 Å².